The van der Waals surface area contributed by atoms with Crippen molar-refractivity contribution in [3.8, 4) is 17.2 Å². The number of fused-ring (bicyclic) bond motifs is 5. The Morgan fingerprint density at radius 3 is 2.82 bits per heavy atom. The van der Waals surface area contributed by atoms with Gasteiger partial charge in [-0.1, -0.05) is 23.7 Å². The van der Waals surface area contributed by atoms with Crippen molar-refractivity contribution < 1.29 is 33.7 Å². The molecule has 4 bridgehead atoms. The summed E-state index contributed by atoms with van der Waals surface area (Å²) in [6.07, 6.45) is 2.00. The number of halogens is 1. The first-order chi connectivity index (χ1) is 21.2. The second-order valence-corrected chi connectivity index (χ2v) is 11.2. The lowest BCUT2D eigenvalue weighted by molar-refractivity contribution is -0.138. The second-order valence-electron chi connectivity index (χ2n) is 10.8. The first-order valence-corrected chi connectivity index (χ1v) is 14.8. The highest BCUT2D eigenvalue weighted by Crippen LogP contribution is 2.33. The van der Waals surface area contributed by atoms with Crippen molar-refractivity contribution in [1.82, 2.24) is 24.9 Å². The number of aliphatic hydroxyl groups is 1. The zero-order valence-electron chi connectivity index (χ0n) is 24.7. The number of amides is 3. The lowest BCUT2D eigenvalue weighted by atomic mass is 10.0. The molecule has 234 valence electrons. The molecular weight excluding hydrogens is 590 g/mol. The number of aromatic nitrogens is 2. The Balaban J connectivity index is 1.41. The largest absolute Gasteiger partial charge is 0.493 e. The van der Waals surface area contributed by atoms with Gasteiger partial charge in [0.05, 0.1) is 43.1 Å². The summed E-state index contributed by atoms with van der Waals surface area (Å²) in [5, 5.41) is 17.3. The molecule has 5 rings (SSSR count). The van der Waals surface area contributed by atoms with Crippen molar-refractivity contribution in [2.45, 2.75) is 45.1 Å². The smallest absolute Gasteiger partial charge is 0.254 e. The van der Waals surface area contributed by atoms with Crippen LogP contribution in [0.5, 0.6) is 17.2 Å². The van der Waals surface area contributed by atoms with Crippen LogP contribution in [0.2, 0.25) is 5.02 Å². The molecule has 2 N–H and O–H groups in total. The predicted octanol–water partition coefficient (Wildman–Crippen LogP) is 2.79. The number of aryl methyl sites for hydroxylation is 1. The summed E-state index contributed by atoms with van der Waals surface area (Å²) in [5.74, 6) is 0.362. The Morgan fingerprint density at radius 1 is 1.23 bits per heavy atom. The Bertz CT molecular complexity index is 1490. The summed E-state index contributed by atoms with van der Waals surface area (Å²) in [6, 6.07) is 11.7. The highest BCUT2D eigenvalue weighted by atomic mass is 35.5. The maximum Gasteiger partial charge on any atom is 0.254 e. The molecule has 1 fully saturated rings. The number of nitrogens with one attached hydrogen (secondary N) is 1. The molecule has 3 aromatic rings. The van der Waals surface area contributed by atoms with E-state index in [4.69, 9.17) is 25.8 Å². The predicted molar refractivity (Wildman–Crippen MR) is 161 cm³/mol. The molecule has 0 unspecified atom stereocenters. The van der Waals surface area contributed by atoms with Gasteiger partial charge in [0, 0.05) is 38.0 Å². The van der Waals surface area contributed by atoms with Gasteiger partial charge in [-0.2, -0.15) is 5.10 Å². The van der Waals surface area contributed by atoms with Crippen LogP contribution < -0.4 is 14.8 Å². The number of aliphatic hydroxyl groups excluding tert-OH is 1. The molecule has 12 nitrogen and oxygen atoms in total. The number of hydrogen-bond donors (Lipinski definition) is 2. The highest BCUT2D eigenvalue weighted by Gasteiger charge is 2.34. The van der Waals surface area contributed by atoms with Crippen LogP contribution in [0.4, 0.5) is 0 Å². The minimum atomic E-state index is -0.530. The molecule has 3 amide bonds. The fourth-order valence-corrected chi connectivity index (χ4v) is 5.50. The van der Waals surface area contributed by atoms with Gasteiger partial charge in [-0.3, -0.25) is 19.1 Å². The zero-order chi connectivity index (χ0) is 31.2. The van der Waals surface area contributed by atoms with Crippen molar-refractivity contribution in [1.29, 1.82) is 0 Å². The Hall–Kier alpha value is -4.13. The van der Waals surface area contributed by atoms with E-state index in [1.54, 1.807) is 42.3 Å². The van der Waals surface area contributed by atoms with E-state index >= 15 is 0 Å². The van der Waals surface area contributed by atoms with E-state index in [0.29, 0.717) is 52.9 Å². The molecule has 2 atom stereocenters. The number of carbonyl (C=O) groups is 3. The van der Waals surface area contributed by atoms with Crippen LogP contribution in [-0.4, -0.2) is 94.4 Å². The minimum Gasteiger partial charge on any atom is -0.493 e. The number of rotatable bonds is 6. The molecule has 2 aromatic carbocycles. The van der Waals surface area contributed by atoms with Crippen molar-refractivity contribution in [3.05, 3.63) is 70.5 Å². The number of methoxy groups -OCH3 is 1. The molecule has 0 aliphatic carbocycles. The third kappa shape index (κ3) is 7.50. The molecular formula is C31H36ClN5O7. The number of carbonyl (C=O) groups excluding carboxylic acids is 3. The summed E-state index contributed by atoms with van der Waals surface area (Å²) in [6.45, 7) is 2.46. The van der Waals surface area contributed by atoms with Gasteiger partial charge in [0.1, 0.15) is 12.3 Å². The van der Waals surface area contributed by atoms with Crippen LogP contribution in [-0.2, 0) is 27.5 Å². The van der Waals surface area contributed by atoms with E-state index in [2.05, 4.69) is 10.4 Å². The molecule has 2 aliphatic rings. The number of ether oxygens (including phenoxy) is 3. The summed E-state index contributed by atoms with van der Waals surface area (Å²) in [4.78, 5) is 43.3. The summed E-state index contributed by atoms with van der Waals surface area (Å²) < 4.78 is 19.4. The normalized spacial score (nSPS) is 19.2. The van der Waals surface area contributed by atoms with Gasteiger partial charge in [-0.15, -0.1) is 0 Å². The fraction of sp³-hybridized carbons (Fsp3) is 0.419. The Labute approximate surface area is 260 Å². The SMILES string of the molecule is COc1ccc2cc1Oc1cccc(c1)CO[C@H]1CCN(C(=O)Cn3cc(Cl)c(C)n3)C[C@@H]1NC(=O)CN(CCCO)C2=O. The lowest BCUT2D eigenvalue weighted by Crippen LogP contribution is -2.58. The van der Waals surface area contributed by atoms with Crippen LogP contribution in [0.1, 0.15) is 34.5 Å². The van der Waals surface area contributed by atoms with Crippen molar-refractivity contribution in [2.24, 2.45) is 0 Å². The first kappa shape index (κ1) is 31.3. The molecule has 3 heterocycles. The van der Waals surface area contributed by atoms with E-state index in [1.807, 2.05) is 18.2 Å². The molecule has 1 aromatic heterocycles. The monoisotopic (exact) mass is 625 g/mol. The average Bonchev–Trinajstić information content (AvgIpc) is 3.33. The number of piperidine rings is 1. The van der Waals surface area contributed by atoms with E-state index < -0.39 is 24.0 Å². The van der Waals surface area contributed by atoms with Crippen LogP contribution in [0, 0.1) is 6.92 Å². The van der Waals surface area contributed by atoms with Crippen LogP contribution >= 0.6 is 11.6 Å². The second kappa shape index (κ2) is 14.1. The fourth-order valence-electron chi connectivity index (χ4n) is 5.35. The van der Waals surface area contributed by atoms with Crippen molar-refractivity contribution >= 4 is 29.3 Å². The average molecular weight is 626 g/mol. The topological polar surface area (TPSA) is 135 Å². The number of nitrogens with zero attached hydrogens (tertiary/aromatic N) is 4. The Kier molecular flexibility index (Phi) is 10.0. The maximum atomic E-state index is 13.6. The van der Waals surface area contributed by atoms with Gasteiger partial charge >= 0.3 is 0 Å². The van der Waals surface area contributed by atoms with Gasteiger partial charge in [0.15, 0.2) is 11.5 Å². The summed E-state index contributed by atoms with van der Waals surface area (Å²) >= 11 is 6.12. The zero-order valence-corrected chi connectivity index (χ0v) is 25.5. The summed E-state index contributed by atoms with van der Waals surface area (Å²) in [5.41, 5.74) is 1.79. The first-order valence-electron chi connectivity index (χ1n) is 14.5. The van der Waals surface area contributed by atoms with Crippen LogP contribution in [0.15, 0.2) is 48.7 Å². The van der Waals surface area contributed by atoms with Gasteiger partial charge in [-0.05, 0) is 55.7 Å². The van der Waals surface area contributed by atoms with Crippen molar-refractivity contribution in [3.63, 3.8) is 0 Å². The van der Waals surface area contributed by atoms with Gasteiger partial charge in [0.2, 0.25) is 11.8 Å². The van der Waals surface area contributed by atoms with Crippen molar-refractivity contribution in [2.75, 3.05) is 39.9 Å². The molecule has 13 heteroatoms. The minimum absolute atomic E-state index is 0.0137. The van der Waals surface area contributed by atoms with Crippen LogP contribution in [0.3, 0.4) is 0 Å². The number of likely N-dealkylation sites (tertiary alicyclic amines) is 1. The Morgan fingerprint density at radius 2 is 2.07 bits per heavy atom. The van der Waals surface area contributed by atoms with Gasteiger partial charge < -0.3 is 34.4 Å². The molecule has 0 spiro atoms. The third-order valence-corrected chi connectivity index (χ3v) is 8.01. The van der Waals surface area contributed by atoms with E-state index in [1.165, 1.54) is 16.7 Å². The maximum absolute atomic E-state index is 13.6. The molecule has 44 heavy (non-hydrogen) atoms. The quantitative estimate of drug-likeness (QED) is 0.427. The van der Waals surface area contributed by atoms with Crippen LogP contribution in [0.25, 0.3) is 0 Å². The summed E-state index contributed by atoms with van der Waals surface area (Å²) in [7, 11) is 1.51. The molecule has 2 aliphatic heterocycles. The van der Waals surface area contributed by atoms with Gasteiger partial charge in [0.25, 0.3) is 5.91 Å². The van der Waals surface area contributed by atoms with E-state index in [9.17, 15) is 19.5 Å². The lowest BCUT2D eigenvalue weighted by Gasteiger charge is -2.39. The molecule has 1 saturated heterocycles. The third-order valence-electron chi connectivity index (χ3n) is 7.64. The molecule has 0 radical (unpaired) electrons. The standard InChI is InChI=1S/C31H36ClN5O7/c1-20-24(32)15-37(34-20)18-30(40)35-11-9-26-25(16-35)33-29(39)17-36(10-4-12-38)31(41)22-7-8-27(42-2)28(14-22)44-23-6-3-5-21(13-23)19-43-26/h3,5-8,13-15,25-26,38H,4,9-12,16-19H2,1-2H3,(H,33,39)/t25-,26-/m0/s1. The molecule has 0 saturated carbocycles. The number of hydrogen-bond acceptors (Lipinski definition) is 8. The van der Waals surface area contributed by atoms with E-state index in [0.717, 1.165) is 5.56 Å². The highest BCUT2D eigenvalue weighted by molar-refractivity contribution is 6.31. The van der Waals surface area contributed by atoms with Gasteiger partial charge in [-0.25, -0.2) is 0 Å². The van der Waals surface area contributed by atoms with E-state index in [-0.39, 0.29) is 45.3 Å². The number of benzene rings is 2.